The van der Waals surface area contributed by atoms with Gasteiger partial charge in [0.05, 0.1) is 19.5 Å². The second kappa shape index (κ2) is 7.35. The van der Waals surface area contributed by atoms with Crippen LogP contribution in [0.1, 0.15) is 21.5 Å². The smallest absolute Gasteiger partial charge is 0.534 e. The first kappa shape index (κ1) is 17.0. The Kier molecular flexibility index (Phi) is 4.99. The molecule has 2 heterocycles. The minimum atomic E-state index is -1.25. The summed E-state index contributed by atoms with van der Waals surface area (Å²) >= 11 is 0. The highest BCUT2D eigenvalue weighted by atomic mass is 16.5. The first-order valence-corrected chi connectivity index (χ1v) is 7.81. The summed E-state index contributed by atoms with van der Waals surface area (Å²) in [6, 6.07) is 8.58. The van der Waals surface area contributed by atoms with Gasteiger partial charge in [-0.2, -0.15) is 0 Å². The number of fused-ring (bicyclic) bond motifs is 1. The molecule has 8 heteroatoms. The highest BCUT2D eigenvalue weighted by Gasteiger charge is 2.37. The predicted octanol–water partition coefficient (Wildman–Crippen LogP) is 0.550. The molecule has 2 aromatic rings. The minimum absolute atomic E-state index is 0.181. The molecule has 0 fully saturated rings. The van der Waals surface area contributed by atoms with Crippen molar-refractivity contribution in [1.29, 1.82) is 0 Å². The number of nitrogens with zero attached hydrogens (tertiary/aromatic N) is 1. The molecule has 128 valence electrons. The van der Waals surface area contributed by atoms with Gasteiger partial charge in [0.15, 0.2) is 0 Å². The topological polar surface area (TPSA) is 97.8 Å². The maximum Gasteiger partial charge on any atom is 0.547 e. The van der Waals surface area contributed by atoms with Crippen LogP contribution in [-0.2, 0) is 22.4 Å². The number of amides is 1. The second-order valence-corrected chi connectivity index (χ2v) is 5.70. The molecule has 25 heavy (non-hydrogen) atoms. The van der Waals surface area contributed by atoms with E-state index in [0.29, 0.717) is 12.2 Å². The van der Waals surface area contributed by atoms with Crippen molar-refractivity contribution in [3.8, 4) is 5.75 Å². The number of methoxy groups -OCH3 is 1. The summed E-state index contributed by atoms with van der Waals surface area (Å²) in [5.74, 6) is -1.08. The average Bonchev–Trinajstić information content (AvgIpc) is 2.62. The third-order valence-electron chi connectivity index (χ3n) is 3.98. The Morgan fingerprint density at radius 1 is 1.36 bits per heavy atom. The van der Waals surface area contributed by atoms with E-state index in [1.165, 1.54) is 7.11 Å². The van der Waals surface area contributed by atoms with Crippen LogP contribution >= 0.6 is 0 Å². The van der Waals surface area contributed by atoms with Crippen LogP contribution < -0.4 is 9.97 Å². The van der Waals surface area contributed by atoms with Crippen molar-refractivity contribution in [3.63, 3.8) is 0 Å². The fourth-order valence-corrected chi connectivity index (χ4v) is 2.76. The summed E-state index contributed by atoms with van der Waals surface area (Å²) in [5.41, 5.74) is 1.80. The second-order valence-electron chi connectivity index (χ2n) is 5.70. The summed E-state index contributed by atoms with van der Waals surface area (Å²) in [6.45, 7) is 0. The Balaban J connectivity index is 1.72. The highest BCUT2D eigenvalue weighted by molar-refractivity contribution is 6.47. The summed E-state index contributed by atoms with van der Waals surface area (Å²) in [6.07, 6.45) is 3.77. The quantitative estimate of drug-likeness (QED) is 0.623. The van der Waals surface area contributed by atoms with E-state index < -0.39 is 19.0 Å². The van der Waals surface area contributed by atoms with Crippen LogP contribution in [-0.4, -0.2) is 42.1 Å². The Labute approximate surface area is 145 Å². The molecule has 0 saturated heterocycles. The molecule has 1 aromatic carbocycles. The first-order valence-electron chi connectivity index (χ1n) is 7.81. The van der Waals surface area contributed by atoms with E-state index in [9.17, 15) is 14.6 Å². The van der Waals surface area contributed by atoms with Crippen LogP contribution in [0.4, 0.5) is 0 Å². The van der Waals surface area contributed by atoms with E-state index in [-0.39, 0.29) is 17.9 Å². The zero-order valence-corrected chi connectivity index (χ0v) is 13.6. The number of para-hydroxylation sites is 1. The molecule has 1 atom stereocenters. The molecule has 1 aliphatic rings. The number of benzene rings is 1. The van der Waals surface area contributed by atoms with Gasteiger partial charge in [0.1, 0.15) is 11.3 Å². The van der Waals surface area contributed by atoms with Crippen molar-refractivity contribution in [3.05, 3.63) is 59.4 Å². The van der Waals surface area contributed by atoms with Gasteiger partial charge in [-0.3, -0.25) is 9.78 Å². The number of hydrogen-bond donors (Lipinski definition) is 2. The molecular weight excluding hydrogens is 323 g/mol. The number of hydrogen-bond acceptors (Lipinski definition) is 6. The Bertz CT molecular complexity index is 784. The molecule has 0 saturated carbocycles. The number of carbonyl (C=O) groups is 2. The standard InChI is InChI=1S/C17H17BN2O5/c1-24-17(22)13-4-2-3-12-10-14(18(23)25-16(12)13)20-15(21)9-11-5-7-19-8-6-11/h2-8,14,23H,9-10H2,1H3,(H,20,21). The maximum absolute atomic E-state index is 12.2. The zero-order valence-electron chi connectivity index (χ0n) is 13.6. The number of ether oxygens (including phenoxy) is 1. The molecule has 0 bridgehead atoms. The van der Waals surface area contributed by atoms with Gasteiger partial charge in [0, 0.05) is 12.4 Å². The molecule has 1 unspecified atom stereocenters. The molecule has 1 aromatic heterocycles. The first-order chi connectivity index (χ1) is 12.1. The van der Waals surface area contributed by atoms with Gasteiger partial charge in [0.25, 0.3) is 0 Å². The minimum Gasteiger partial charge on any atom is -0.534 e. The zero-order chi connectivity index (χ0) is 17.8. The van der Waals surface area contributed by atoms with Crippen LogP contribution in [0.5, 0.6) is 5.75 Å². The fraction of sp³-hybridized carbons (Fsp3) is 0.235. The number of nitrogens with one attached hydrogen (secondary N) is 1. The van der Waals surface area contributed by atoms with Crippen LogP contribution in [0.3, 0.4) is 0 Å². The molecule has 1 amide bonds. The average molecular weight is 340 g/mol. The molecule has 0 spiro atoms. The van der Waals surface area contributed by atoms with Gasteiger partial charge in [0.2, 0.25) is 5.91 Å². The number of pyridine rings is 1. The third kappa shape index (κ3) is 3.80. The lowest BCUT2D eigenvalue weighted by atomic mass is 9.72. The molecule has 0 aliphatic carbocycles. The Morgan fingerprint density at radius 2 is 2.12 bits per heavy atom. The van der Waals surface area contributed by atoms with E-state index >= 15 is 0 Å². The molecular formula is C17H17BN2O5. The number of aromatic nitrogens is 1. The lowest BCUT2D eigenvalue weighted by Gasteiger charge is -2.29. The monoisotopic (exact) mass is 340 g/mol. The van der Waals surface area contributed by atoms with Crippen LogP contribution in [0.15, 0.2) is 42.7 Å². The summed E-state index contributed by atoms with van der Waals surface area (Å²) in [4.78, 5) is 27.9. The molecule has 1 aliphatic heterocycles. The van der Waals surface area contributed by atoms with E-state index in [1.807, 2.05) is 0 Å². The van der Waals surface area contributed by atoms with Gasteiger partial charge in [-0.25, -0.2) is 4.79 Å². The SMILES string of the molecule is COC(=O)c1cccc2c1OB(O)C(NC(=O)Cc1ccncc1)C2. The van der Waals surface area contributed by atoms with Crippen molar-refractivity contribution in [2.45, 2.75) is 18.8 Å². The molecule has 7 nitrogen and oxygen atoms in total. The highest BCUT2D eigenvalue weighted by Crippen LogP contribution is 2.30. The summed E-state index contributed by atoms with van der Waals surface area (Å²) < 4.78 is 10.2. The van der Waals surface area contributed by atoms with E-state index in [1.54, 1.807) is 42.7 Å². The molecule has 0 radical (unpaired) electrons. The van der Waals surface area contributed by atoms with Crippen LogP contribution in [0, 0.1) is 0 Å². The molecule has 2 N–H and O–H groups in total. The van der Waals surface area contributed by atoms with E-state index in [4.69, 9.17) is 9.39 Å². The van der Waals surface area contributed by atoms with Gasteiger partial charge >= 0.3 is 13.1 Å². The van der Waals surface area contributed by atoms with Crippen molar-refractivity contribution in [2.24, 2.45) is 0 Å². The van der Waals surface area contributed by atoms with Crippen molar-refractivity contribution < 1.29 is 24.0 Å². The summed E-state index contributed by atoms with van der Waals surface area (Å²) in [5, 5.41) is 13.0. The van der Waals surface area contributed by atoms with Gasteiger partial charge < -0.3 is 19.7 Å². The normalized spacial score (nSPS) is 15.8. The maximum atomic E-state index is 12.2. The van der Waals surface area contributed by atoms with Gasteiger partial charge in [-0.15, -0.1) is 0 Å². The van der Waals surface area contributed by atoms with Crippen LogP contribution in [0.25, 0.3) is 0 Å². The summed E-state index contributed by atoms with van der Waals surface area (Å²) in [7, 11) is 0.0306. The number of rotatable bonds is 4. The number of esters is 1. The fourth-order valence-electron chi connectivity index (χ4n) is 2.76. The van der Waals surface area contributed by atoms with Crippen molar-refractivity contribution in [2.75, 3.05) is 7.11 Å². The Morgan fingerprint density at radius 3 is 2.84 bits per heavy atom. The number of carbonyl (C=O) groups excluding carboxylic acids is 2. The van der Waals surface area contributed by atoms with Crippen molar-refractivity contribution >= 4 is 19.0 Å². The van der Waals surface area contributed by atoms with Gasteiger partial charge in [-0.1, -0.05) is 12.1 Å². The van der Waals surface area contributed by atoms with Crippen molar-refractivity contribution in [1.82, 2.24) is 10.3 Å². The lowest BCUT2D eigenvalue weighted by molar-refractivity contribution is -0.120. The predicted molar refractivity (Wildman–Crippen MR) is 90.0 cm³/mol. The third-order valence-corrected chi connectivity index (χ3v) is 3.98. The van der Waals surface area contributed by atoms with E-state index in [2.05, 4.69) is 10.3 Å². The van der Waals surface area contributed by atoms with Crippen LogP contribution in [0.2, 0.25) is 0 Å². The Hall–Kier alpha value is -2.87. The lowest BCUT2D eigenvalue weighted by Crippen LogP contribution is -2.53. The molecule has 3 rings (SSSR count). The largest absolute Gasteiger partial charge is 0.547 e. The van der Waals surface area contributed by atoms with E-state index in [0.717, 1.165) is 11.1 Å². The van der Waals surface area contributed by atoms with Gasteiger partial charge in [-0.05, 0) is 35.7 Å².